The molecule has 3 aliphatic carbocycles. The van der Waals surface area contributed by atoms with Gasteiger partial charge in [-0.25, -0.2) is 0 Å². The first-order chi connectivity index (χ1) is 10.2. The van der Waals surface area contributed by atoms with Crippen molar-refractivity contribution in [3.05, 3.63) is 28.2 Å². The topological polar surface area (TPSA) is 21.3 Å². The Labute approximate surface area is 135 Å². The zero-order chi connectivity index (χ0) is 14.6. The van der Waals surface area contributed by atoms with Gasteiger partial charge in [-0.2, -0.15) is 0 Å². The molecule has 5 unspecified atom stereocenters. The Morgan fingerprint density at radius 1 is 1.29 bits per heavy atom. The molecule has 0 saturated heterocycles. The molecule has 0 radical (unpaired) electrons. The Morgan fingerprint density at radius 3 is 2.57 bits per heavy atom. The molecule has 0 heterocycles. The Balaban J connectivity index is 1.59. The average molecular weight is 350 g/mol. The fraction of sp³-hybridized carbons (Fsp3) is 0.667. The van der Waals surface area contributed by atoms with E-state index in [4.69, 9.17) is 4.74 Å². The molecular formula is C18H24BrNO. The molecule has 4 rings (SSSR count). The van der Waals surface area contributed by atoms with E-state index in [0.717, 1.165) is 46.4 Å². The second kappa shape index (κ2) is 5.27. The molecule has 3 fully saturated rings. The third-order valence-electron chi connectivity index (χ3n) is 6.14. The first-order valence-corrected chi connectivity index (χ1v) is 9.10. The third-order valence-corrected chi connectivity index (χ3v) is 6.76. The number of halogens is 1. The predicted octanol–water partition coefficient (Wildman–Crippen LogP) is 4.40. The minimum Gasteiger partial charge on any atom is -0.496 e. The molecule has 5 atom stereocenters. The summed E-state index contributed by atoms with van der Waals surface area (Å²) in [6.07, 6.45) is 4.51. The predicted molar refractivity (Wildman–Crippen MR) is 88.4 cm³/mol. The average Bonchev–Trinajstić information content (AvgIpc) is 2.89. The first-order valence-electron chi connectivity index (χ1n) is 8.31. The monoisotopic (exact) mass is 349 g/mol. The molecule has 3 heteroatoms. The summed E-state index contributed by atoms with van der Waals surface area (Å²) >= 11 is 3.64. The van der Waals surface area contributed by atoms with Gasteiger partial charge in [-0.3, -0.25) is 0 Å². The summed E-state index contributed by atoms with van der Waals surface area (Å²) in [6, 6.07) is 7.11. The van der Waals surface area contributed by atoms with Crippen LogP contribution in [0.3, 0.4) is 0 Å². The van der Waals surface area contributed by atoms with E-state index in [-0.39, 0.29) is 0 Å². The van der Waals surface area contributed by atoms with Gasteiger partial charge in [-0.15, -0.1) is 0 Å². The number of hydrogen-bond acceptors (Lipinski definition) is 2. The highest BCUT2D eigenvalue weighted by Gasteiger charge is 2.66. The van der Waals surface area contributed by atoms with Crippen LogP contribution in [-0.4, -0.2) is 13.7 Å². The molecule has 3 saturated carbocycles. The molecule has 0 amide bonds. The van der Waals surface area contributed by atoms with Crippen LogP contribution in [0.1, 0.15) is 37.8 Å². The van der Waals surface area contributed by atoms with Crippen molar-refractivity contribution >= 4 is 15.9 Å². The summed E-state index contributed by atoms with van der Waals surface area (Å²) in [5, 5.41) is 3.76. The molecule has 0 aliphatic heterocycles. The standard InChI is InChI=1S/C18H24BrNO/c1-3-20-18(12-6-7-14(21-2)13(19)9-12)17-15-10-4-5-11(8-10)16(15)17/h6-7,9-11,15-18,20H,3-5,8H2,1-2H3. The van der Waals surface area contributed by atoms with Crippen molar-refractivity contribution in [2.75, 3.05) is 13.7 Å². The number of benzene rings is 1. The van der Waals surface area contributed by atoms with Gasteiger partial charge in [0.1, 0.15) is 5.75 Å². The van der Waals surface area contributed by atoms with Gasteiger partial charge in [0, 0.05) is 6.04 Å². The van der Waals surface area contributed by atoms with Gasteiger partial charge in [-0.05, 0) is 89.0 Å². The van der Waals surface area contributed by atoms with Crippen molar-refractivity contribution in [2.45, 2.75) is 32.2 Å². The summed E-state index contributed by atoms with van der Waals surface area (Å²) in [5.41, 5.74) is 1.42. The smallest absolute Gasteiger partial charge is 0.133 e. The van der Waals surface area contributed by atoms with E-state index in [1.165, 1.54) is 24.8 Å². The van der Waals surface area contributed by atoms with Crippen molar-refractivity contribution in [2.24, 2.45) is 29.6 Å². The van der Waals surface area contributed by atoms with Crippen LogP contribution in [0.15, 0.2) is 22.7 Å². The maximum Gasteiger partial charge on any atom is 0.133 e. The van der Waals surface area contributed by atoms with E-state index in [9.17, 15) is 0 Å². The quantitative estimate of drug-likeness (QED) is 0.850. The van der Waals surface area contributed by atoms with Gasteiger partial charge in [0.25, 0.3) is 0 Å². The van der Waals surface area contributed by atoms with Crippen LogP contribution in [0.2, 0.25) is 0 Å². The molecule has 2 nitrogen and oxygen atoms in total. The molecule has 1 aromatic rings. The van der Waals surface area contributed by atoms with E-state index in [1.807, 2.05) is 0 Å². The molecule has 0 spiro atoms. The first kappa shape index (κ1) is 14.1. The zero-order valence-corrected chi connectivity index (χ0v) is 14.4. The molecule has 2 bridgehead atoms. The third kappa shape index (κ3) is 2.16. The van der Waals surface area contributed by atoms with Crippen molar-refractivity contribution in [3.63, 3.8) is 0 Å². The summed E-state index contributed by atoms with van der Waals surface area (Å²) < 4.78 is 6.44. The van der Waals surface area contributed by atoms with Gasteiger partial charge in [0.15, 0.2) is 0 Å². The van der Waals surface area contributed by atoms with E-state index < -0.39 is 0 Å². The van der Waals surface area contributed by atoms with Crippen molar-refractivity contribution < 1.29 is 4.74 Å². The Morgan fingerprint density at radius 2 is 2.00 bits per heavy atom. The van der Waals surface area contributed by atoms with Crippen molar-refractivity contribution in [3.8, 4) is 5.75 Å². The number of methoxy groups -OCH3 is 1. The lowest BCUT2D eigenvalue weighted by molar-refractivity contribution is 0.373. The van der Waals surface area contributed by atoms with Gasteiger partial charge in [-0.1, -0.05) is 13.0 Å². The summed E-state index contributed by atoms with van der Waals surface area (Å²) in [5.74, 6) is 5.88. The Hall–Kier alpha value is -0.540. The van der Waals surface area contributed by atoms with Crippen LogP contribution >= 0.6 is 15.9 Å². The van der Waals surface area contributed by atoms with E-state index in [1.54, 1.807) is 7.11 Å². The molecule has 1 N–H and O–H groups in total. The zero-order valence-electron chi connectivity index (χ0n) is 12.8. The summed E-state index contributed by atoms with van der Waals surface area (Å²) in [4.78, 5) is 0. The largest absolute Gasteiger partial charge is 0.496 e. The lowest BCUT2D eigenvalue weighted by atomic mass is 9.93. The minimum atomic E-state index is 0.524. The maximum absolute atomic E-state index is 5.37. The fourth-order valence-corrected chi connectivity index (χ4v) is 5.97. The number of fused-ring (bicyclic) bond motifs is 5. The van der Waals surface area contributed by atoms with Gasteiger partial charge in [0.2, 0.25) is 0 Å². The highest BCUT2D eigenvalue weighted by molar-refractivity contribution is 9.10. The molecule has 1 aromatic carbocycles. The van der Waals surface area contributed by atoms with E-state index in [0.29, 0.717) is 6.04 Å². The van der Waals surface area contributed by atoms with Gasteiger partial charge < -0.3 is 10.1 Å². The molecule has 21 heavy (non-hydrogen) atoms. The number of hydrogen-bond donors (Lipinski definition) is 1. The normalized spacial score (nSPS) is 37.4. The van der Waals surface area contributed by atoms with Gasteiger partial charge >= 0.3 is 0 Å². The number of nitrogens with one attached hydrogen (secondary N) is 1. The minimum absolute atomic E-state index is 0.524. The van der Waals surface area contributed by atoms with Crippen LogP contribution in [0.4, 0.5) is 0 Å². The molecular weight excluding hydrogens is 326 g/mol. The summed E-state index contributed by atoms with van der Waals surface area (Å²) in [6.45, 7) is 3.26. The number of rotatable bonds is 5. The lowest BCUT2D eigenvalue weighted by Gasteiger charge is -2.22. The highest BCUT2D eigenvalue weighted by atomic mass is 79.9. The number of ether oxygens (including phenoxy) is 1. The summed E-state index contributed by atoms with van der Waals surface area (Å²) in [7, 11) is 1.73. The van der Waals surface area contributed by atoms with Gasteiger partial charge in [0.05, 0.1) is 11.6 Å². The van der Waals surface area contributed by atoms with Crippen LogP contribution in [0.25, 0.3) is 0 Å². The maximum atomic E-state index is 5.37. The Bertz CT molecular complexity index is 530. The SMILES string of the molecule is CCNC(c1ccc(OC)c(Br)c1)C1C2C3CCC(C3)C21. The van der Waals surface area contributed by atoms with Crippen LogP contribution < -0.4 is 10.1 Å². The fourth-order valence-electron chi connectivity index (χ4n) is 5.41. The highest BCUT2D eigenvalue weighted by Crippen LogP contribution is 2.72. The lowest BCUT2D eigenvalue weighted by Crippen LogP contribution is -2.25. The van der Waals surface area contributed by atoms with E-state index in [2.05, 4.69) is 46.4 Å². The second-order valence-electron chi connectivity index (χ2n) is 6.99. The second-order valence-corrected chi connectivity index (χ2v) is 7.85. The van der Waals surface area contributed by atoms with Crippen LogP contribution in [0.5, 0.6) is 5.75 Å². The Kier molecular flexibility index (Phi) is 3.54. The molecule has 3 aliphatic rings. The van der Waals surface area contributed by atoms with Crippen molar-refractivity contribution in [1.29, 1.82) is 0 Å². The van der Waals surface area contributed by atoms with Crippen LogP contribution in [0, 0.1) is 29.6 Å². The molecule has 114 valence electrons. The molecule has 0 aromatic heterocycles. The van der Waals surface area contributed by atoms with Crippen molar-refractivity contribution in [1.82, 2.24) is 5.32 Å². The van der Waals surface area contributed by atoms with Crippen LogP contribution in [-0.2, 0) is 0 Å². The van der Waals surface area contributed by atoms with E-state index >= 15 is 0 Å².